The highest BCUT2D eigenvalue weighted by atomic mass is 32.1. The monoisotopic (exact) mass is 279 g/mol. The Kier molecular flexibility index (Phi) is 5.26. The number of hydrogen-bond donors (Lipinski definition) is 2. The Morgan fingerprint density at radius 2 is 2.16 bits per heavy atom. The third-order valence-corrected chi connectivity index (χ3v) is 3.46. The van der Waals surface area contributed by atoms with Crippen molar-refractivity contribution in [2.75, 3.05) is 20.3 Å². The molecule has 2 rings (SSSR count). The van der Waals surface area contributed by atoms with Gasteiger partial charge in [-0.3, -0.25) is 0 Å². The van der Waals surface area contributed by atoms with Gasteiger partial charge in [0.1, 0.15) is 15.8 Å². The first-order valence-electron chi connectivity index (χ1n) is 6.07. The SMILES string of the molecule is COCCNCc1nnc(Cc2cccc(O)c2)s1. The number of phenolic OH excluding ortho intramolecular Hbond substituents is 1. The lowest BCUT2D eigenvalue weighted by molar-refractivity contribution is 0.199. The lowest BCUT2D eigenvalue weighted by Gasteiger charge is -1.99. The van der Waals surface area contributed by atoms with Crippen molar-refractivity contribution < 1.29 is 9.84 Å². The average molecular weight is 279 g/mol. The molecule has 1 aromatic carbocycles. The Bertz CT molecular complexity index is 516. The molecule has 0 radical (unpaired) electrons. The molecule has 0 amide bonds. The number of rotatable bonds is 7. The third kappa shape index (κ3) is 4.59. The summed E-state index contributed by atoms with van der Waals surface area (Å²) in [5.74, 6) is 0.281. The van der Waals surface area contributed by atoms with E-state index in [1.807, 2.05) is 12.1 Å². The van der Waals surface area contributed by atoms with Crippen LogP contribution in [0.4, 0.5) is 0 Å². The van der Waals surface area contributed by atoms with Gasteiger partial charge in [-0.15, -0.1) is 10.2 Å². The molecule has 0 aliphatic carbocycles. The number of nitrogens with one attached hydrogen (secondary N) is 1. The second-order valence-electron chi connectivity index (χ2n) is 4.11. The van der Waals surface area contributed by atoms with Gasteiger partial charge in [0.05, 0.1) is 6.61 Å². The average Bonchev–Trinajstić information content (AvgIpc) is 2.82. The minimum absolute atomic E-state index is 0.281. The van der Waals surface area contributed by atoms with Crippen molar-refractivity contribution in [3.8, 4) is 5.75 Å². The van der Waals surface area contributed by atoms with E-state index in [2.05, 4.69) is 15.5 Å². The molecule has 0 unspecified atom stereocenters. The van der Waals surface area contributed by atoms with E-state index in [0.29, 0.717) is 19.6 Å². The molecule has 0 fully saturated rings. The maximum Gasteiger partial charge on any atom is 0.131 e. The van der Waals surface area contributed by atoms with Crippen molar-refractivity contribution in [3.05, 3.63) is 39.8 Å². The van der Waals surface area contributed by atoms with Crippen LogP contribution in [0.1, 0.15) is 15.6 Å². The number of aromatic nitrogens is 2. The Morgan fingerprint density at radius 3 is 2.95 bits per heavy atom. The molecule has 0 aliphatic rings. The molecule has 5 nitrogen and oxygen atoms in total. The number of methoxy groups -OCH3 is 1. The predicted molar refractivity (Wildman–Crippen MR) is 74.4 cm³/mol. The van der Waals surface area contributed by atoms with Crippen molar-refractivity contribution in [2.45, 2.75) is 13.0 Å². The third-order valence-electron chi connectivity index (χ3n) is 2.53. The van der Waals surface area contributed by atoms with Gasteiger partial charge in [0, 0.05) is 26.6 Å². The quantitative estimate of drug-likeness (QED) is 0.753. The van der Waals surface area contributed by atoms with Gasteiger partial charge < -0.3 is 15.2 Å². The summed E-state index contributed by atoms with van der Waals surface area (Å²) < 4.78 is 4.96. The van der Waals surface area contributed by atoms with Crippen molar-refractivity contribution >= 4 is 11.3 Å². The summed E-state index contributed by atoms with van der Waals surface area (Å²) in [4.78, 5) is 0. The maximum atomic E-state index is 9.41. The van der Waals surface area contributed by atoms with E-state index < -0.39 is 0 Å². The van der Waals surface area contributed by atoms with Crippen LogP contribution in [0.3, 0.4) is 0 Å². The molecule has 0 atom stereocenters. The highest BCUT2D eigenvalue weighted by Gasteiger charge is 2.05. The Balaban J connectivity index is 1.87. The first-order chi connectivity index (χ1) is 9.28. The summed E-state index contributed by atoms with van der Waals surface area (Å²) in [6, 6.07) is 7.21. The Morgan fingerprint density at radius 1 is 1.32 bits per heavy atom. The number of ether oxygens (including phenoxy) is 1. The van der Waals surface area contributed by atoms with Crippen molar-refractivity contribution in [1.82, 2.24) is 15.5 Å². The summed E-state index contributed by atoms with van der Waals surface area (Å²) in [5, 5.41) is 22.8. The van der Waals surface area contributed by atoms with Crippen LogP contribution in [-0.2, 0) is 17.7 Å². The normalized spacial score (nSPS) is 10.8. The number of benzene rings is 1. The van der Waals surface area contributed by atoms with E-state index in [1.165, 1.54) is 0 Å². The van der Waals surface area contributed by atoms with Gasteiger partial charge in [0.25, 0.3) is 0 Å². The predicted octanol–water partition coefficient (Wildman–Crippen LogP) is 1.57. The molecule has 0 saturated heterocycles. The largest absolute Gasteiger partial charge is 0.508 e. The standard InChI is InChI=1S/C13H17N3O2S/c1-18-6-5-14-9-13-16-15-12(19-13)8-10-3-2-4-11(17)7-10/h2-4,7,14,17H,5-6,8-9H2,1H3. The van der Waals surface area contributed by atoms with Crippen LogP contribution in [0.25, 0.3) is 0 Å². The fraction of sp³-hybridized carbons (Fsp3) is 0.385. The molecule has 102 valence electrons. The maximum absolute atomic E-state index is 9.41. The molecule has 19 heavy (non-hydrogen) atoms. The van der Waals surface area contributed by atoms with Crippen LogP contribution in [-0.4, -0.2) is 35.6 Å². The number of aromatic hydroxyl groups is 1. The van der Waals surface area contributed by atoms with E-state index in [-0.39, 0.29) is 5.75 Å². The van der Waals surface area contributed by atoms with Crippen LogP contribution >= 0.6 is 11.3 Å². The highest BCUT2D eigenvalue weighted by molar-refractivity contribution is 7.11. The zero-order valence-corrected chi connectivity index (χ0v) is 11.6. The van der Waals surface area contributed by atoms with E-state index in [1.54, 1.807) is 30.6 Å². The molecule has 0 bridgehead atoms. The first kappa shape index (κ1) is 13.9. The number of hydrogen-bond acceptors (Lipinski definition) is 6. The van der Waals surface area contributed by atoms with Crippen LogP contribution in [0.2, 0.25) is 0 Å². The molecule has 0 spiro atoms. The fourth-order valence-electron chi connectivity index (χ4n) is 1.64. The first-order valence-corrected chi connectivity index (χ1v) is 6.88. The summed E-state index contributed by atoms with van der Waals surface area (Å²) in [5.41, 5.74) is 1.04. The molecule has 2 N–H and O–H groups in total. The lowest BCUT2D eigenvalue weighted by Crippen LogP contribution is -2.18. The zero-order chi connectivity index (χ0) is 13.5. The van der Waals surface area contributed by atoms with Gasteiger partial charge >= 0.3 is 0 Å². The van der Waals surface area contributed by atoms with E-state index in [0.717, 1.165) is 22.1 Å². The molecule has 1 heterocycles. The van der Waals surface area contributed by atoms with Crippen molar-refractivity contribution in [3.63, 3.8) is 0 Å². The number of phenols is 1. The summed E-state index contributed by atoms with van der Waals surface area (Å²) in [7, 11) is 1.68. The van der Waals surface area contributed by atoms with Crippen molar-refractivity contribution in [1.29, 1.82) is 0 Å². The van der Waals surface area contributed by atoms with Gasteiger partial charge in [-0.1, -0.05) is 23.5 Å². The second-order valence-corrected chi connectivity index (χ2v) is 5.25. The van der Waals surface area contributed by atoms with Gasteiger partial charge in [0.15, 0.2) is 0 Å². The van der Waals surface area contributed by atoms with Crippen LogP contribution in [0.5, 0.6) is 5.75 Å². The molecule has 2 aromatic rings. The lowest BCUT2D eigenvalue weighted by atomic mass is 10.1. The summed E-state index contributed by atoms with van der Waals surface area (Å²) >= 11 is 1.58. The number of nitrogens with zero attached hydrogens (tertiary/aromatic N) is 2. The molecule has 1 aromatic heterocycles. The minimum Gasteiger partial charge on any atom is -0.508 e. The minimum atomic E-state index is 0.281. The van der Waals surface area contributed by atoms with Crippen LogP contribution in [0, 0.1) is 0 Å². The molecular weight excluding hydrogens is 262 g/mol. The molecular formula is C13H17N3O2S. The van der Waals surface area contributed by atoms with E-state index >= 15 is 0 Å². The summed E-state index contributed by atoms with van der Waals surface area (Å²) in [6.45, 7) is 2.20. The van der Waals surface area contributed by atoms with Gasteiger partial charge in [-0.05, 0) is 17.7 Å². The van der Waals surface area contributed by atoms with Gasteiger partial charge in [-0.2, -0.15) is 0 Å². The van der Waals surface area contributed by atoms with Gasteiger partial charge in [-0.25, -0.2) is 0 Å². The smallest absolute Gasteiger partial charge is 0.131 e. The van der Waals surface area contributed by atoms with Crippen LogP contribution in [0.15, 0.2) is 24.3 Å². The summed E-state index contributed by atoms with van der Waals surface area (Å²) in [6.07, 6.45) is 0.699. The molecule has 0 aliphatic heterocycles. The zero-order valence-electron chi connectivity index (χ0n) is 10.8. The fourth-order valence-corrected chi connectivity index (χ4v) is 2.49. The van der Waals surface area contributed by atoms with Crippen molar-refractivity contribution in [2.24, 2.45) is 0 Å². The second kappa shape index (κ2) is 7.18. The molecule has 0 saturated carbocycles. The Hall–Kier alpha value is -1.50. The highest BCUT2D eigenvalue weighted by Crippen LogP contribution is 2.17. The topological polar surface area (TPSA) is 67.3 Å². The van der Waals surface area contributed by atoms with Crippen LogP contribution < -0.4 is 5.32 Å². The van der Waals surface area contributed by atoms with Gasteiger partial charge in [0.2, 0.25) is 0 Å². The van der Waals surface area contributed by atoms with E-state index in [4.69, 9.17) is 4.74 Å². The Labute approximate surface area is 116 Å². The van der Waals surface area contributed by atoms with E-state index in [9.17, 15) is 5.11 Å². The molecule has 6 heteroatoms.